The van der Waals surface area contributed by atoms with Crippen molar-refractivity contribution in [2.45, 2.75) is 37.5 Å². The van der Waals surface area contributed by atoms with E-state index in [1.807, 2.05) is 24.3 Å². The molecule has 1 saturated heterocycles. The van der Waals surface area contributed by atoms with Crippen LogP contribution in [0.4, 0.5) is 0 Å². The standard InChI is InChI=1S/C18H24N6O3S/c19-18(20)21-7-3-5-12(23-16(27)13-8-10(25)9-22-13)15(26)17-24-11-4-1-2-6-14(11)28-17/h1-2,4,6,10,12-13,22,25H,3,5,7-9H2,(H,23,27)(H4,19,20,21)/t10-,12+,13+/m1/s1. The molecule has 1 aromatic carbocycles. The molecule has 3 atom stereocenters. The third-order valence-corrected chi connectivity index (χ3v) is 5.56. The van der Waals surface area contributed by atoms with E-state index >= 15 is 0 Å². The molecule has 0 spiro atoms. The van der Waals surface area contributed by atoms with Crippen LogP contribution < -0.4 is 22.1 Å². The van der Waals surface area contributed by atoms with Crippen molar-refractivity contribution in [3.63, 3.8) is 0 Å². The average molecular weight is 404 g/mol. The molecule has 0 unspecified atom stereocenters. The fraction of sp³-hybridized carbons (Fsp3) is 0.444. The van der Waals surface area contributed by atoms with E-state index in [0.29, 0.717) is 37.4 Å². The molecule has 28 heavy (non-hydrogen) atoms. The van der Waals surface area contributed by atoms with Gasteiger partial charge in [0, 0.05) is 13.1 Å². The van der Waals surface area contributed by atoms with Crippen LogP contribution in [-0.2, 0) is 4.79 Å². The second-order valence-corrected chi connectivity index (χ2v) is 7.74. The summed E-state index contributed by atoms with van der Waals surface area (Å²) in [6.45, 7) is 0.723. The first kappa shape index (κ1) is 20.2. The highest BCUT2D eigenvalue weighted by atomic mass is 32.1. The lowest BCUT2D eigenvalue weighted by atomic mass is 10.1. The first-order valence-corrected chi connectivity index (χ1v) is 9.92. The van der Waals surface area contributed by atoms with Gasteiger partial charge in [0.25, 0.3) is 0 Å². The fourth-order valence-electron chi connectivity index (χ4n) is 3.09. The Balaban J connectivity index is 1.72. The Labute approximate surface area is 166 Å². The van der Waals surface area contributed by atoms with Gasteiger partial charge in [0.05, 0.1) is 28.4 Å². The minimum absolute atomic E-state index is 0.0118. The second kappa shape index (κ2) is 9.09. The number of nitrogens with two attached hydrogens (primary N) is 2. The molecule has 7 N–H and O–H groups in total. The number of guanidine groups is 1. The molecule has 150 valence electrons. The van der Waals surface area contributed by atoms with Gasteiger partial charge in [-0.05, 0) is 31.4 Å². The van der Waals surface area contributed by atoms with Gasteiger partial charge < -0.3 is 27.2 Å². The zero-order valence-electron chi connectivity index (χ0n) is 15.3. The molecular formula is C18H24N6O3S. The van der Waals surface area contributed by atoms with Gasteiger partial charge in [-0.2, -0.15) is 0 Å². The van der Waals surface area contributed by atoms with E-state index in [-0.39, 0.29) is 17.6 Å². The molecular weight excluding hydrogens is 380 g/mol. The number of aliphatic imine (C=N–C) groups is 1. The SMILES string of the molecule is NC(N)=NCCC[C@H](NC(=O)[C@@H]1C[C@@H](O)CN1)C(=O)c1nc2ccccc2s1. The van der Waals surface area contributed by atoms with Crippen molar-refractivity contribution in [3.8, 4) is 0 Å². The van der Waals surface area contributed by atoms with Gasteiger partial charge in [0.15, 0.2) is 11.0 Å². The fourth-order valence-corrected chi connectivity index (χ4v) is 4.05. The lowest BCUT2D eigenvalue weighted by molar-refractivity contribution is -0.123. The summed E-state index contributed by atoms with van der Waals surface area (Å²) in [5.41, 5.74) is 11.4. The maximum atomic E-state index is 13.0. The third-order valence-electron chi connectivity index (χ3n) is 4.51. The molecule has 10 heteroatoms. The summed E-state index contributed by atoms with van der Waals surface area (Å²) >= 11 is 1.30. The molecule has 1 aromatic heterocycles. The molecule has 0 bridgehead atoms. The normalized spacial score (nSPS) is 20.0. The van der Waals surface area contributed by atoms with E-state index in [1.54, 1.807) is 0 Å². The van der Waals surface area contributed by atoms with Crippen LogP contribution in [0.25, 0.3) is 10.2 Å². The number of para-hydroxylation sites is 1. The highest BCUT2D eigenvalue weighted by molar-refractivity contribution is 7.20. The average Bonchev–Trinajstić information content (AvgIpc) is 3.29. The maximum absolute atomic E-state index is 13.0. The van der Waals surface area contributed by atoms with Crippen molar-refractivity contribution in [2.75, 3.05) is 13.1 Å². The molecule has 2 heterocycles. The van der Waals surface area contributed by atoms with Crippen LogP contribution in [-0.4, -0.2) is 59.0 Å². The first-order chi connectivity index (χ1) is 13.4. The Bertz CT molecular complexity index is 846. The molecule has 0 radical (unpaired) electrons. The number of fused-ring (bicyclic) bond motifs is 1. The number of carbonyl (C=O) groups excluding carboxylic acids is 2. The summed E-state index contributed by atoms with van der Waals surface area (Å²) in [7, 11) is 0. The first-order valence-electron chi connectivity index (χ1n) is 9.11. The number of β-amino-alcohol motifs (C(OH)–C–C–N with tert-alkyl or cyclic N) is 1. The number of nitrogens with zero attached hydrogens (tertiary/aromatic N) is 2. The number of carbonyl (C=O) groups is 2. The number of benzene rings is 1. The van der Waals surface area contributed by atoms with Gasteiger partial charge in [0.1, 0.15) is 0 Å². The number of hydrogen-bond donors (Lipinski definition) is 5. The Morgan fingerprint density at radius 2 is 2.18 bits per heavy atom. The smallest absolute Gasteiger partial charge is 0.237 e. The molecule has 3 rings (SSSR count). The highest BCUT2D eigenvalue weighted by Gasteiger charge is 2.31. The molecule has 1 aliphatic heterocycles. The number of ketones is 1. The van der Waals surface area contributed by atoms with E-state index in [1.165, 1.54) is 11.3 Å². The van der Waals surface area contributed by atoms with Crippen LogP contribution in [0.15, 0.2) is 29.3 Å². The van der Waals surface area contributed by atoms with Crippen LogP contribution in [0.3, 0.4) is 0 Å². The molecule has 9 nitrogen and oxygen atoms in total. The number of rotatable bonds is 8. The number of thiazole rings is 1. The summed E-state index contributed by atoms with van der Waals surface area (Å²) < 4.78 is 0.914. The summed E-state index contributed by atoms with van der Waals surface area (Å²) in [6.07, 6.45) is 0.672. The number of hydrogen-bond acceptors (Lipinski definition) is 7. The van der Waals surface area contributed by atoms with Crippen molar-refractivity contribution in [1.82, 2.24) is 15.6 Å². The van der Waals surface area contributed by atoms with E-state index in [9.17, 15) is 14.7 Å². The quantitative estimate of drug-likeness (QED) is 0.176. The minimum Gasteiger partial charge on any atom is -0.392 e. The zero-order valence-corrected chi connectivity index (χ0v) is 16.1. The van der Waals surface area contributed by atoms with Gasteiger partial charge in [-0.1, -0.05) is 12.1 Å². The van der Waals surface area contributed by atoms with Gasteiger partial charge >= 0.3 is 0 Å². The van der Waals surface area contributed by atoms with Crippen LogP contribution in [0, 0.1) is 0 Å². The van der Waals surface area contributed by atoms with Crippen LogP contribution in [0.5, 0.6) is 0 Å². The monoisotopic (exact) mass is 404 g/mol. The molecule has 1 aliphatic rings. The Hall–Kier alpha value is -2.56. The molecule has 1 fully saturated rings. The highest BCUT2D eigenvalue weighted by Crippen LogP contribution is 2.23. The predicted molar refractivity (Wildman–Crippen MR) is 108 cm³/mol. The number of aliphatic hydroxyl groups is 1. The lowest BCUT2D eigenvalue weighted by Gasteiger charge is -2.19. The molecule has 0 saturated carbocycles. The van der Waals surface area contributed by atoms with Gasteiger partial charge in [-0.15, -0.1) is 11.3 Å². The number of nitrogens with one attached hydrogen (secondary N) is 2. The van der Waals surface area contributed by atoms with Crippen molar-refractivity contribution in [1.29, 1.82) is 0 Å². The number of Topliss-reactive ketones (excluding diaryl/α,β-unsaturated/α-hetero) is 1. The predicted octanol–water partition coefficient (Wildman–Crippen LogP) is -0.260. The van der Waals surface area contributed by atoms with Crippen LogP contribution in [0.2, 0.25) is 0 Å². The summed E-state index contributed by atoms with van der Waals surface area (Å²) in [4.78, 5) is 33.9. The second-order valence-electron chi connectivity index (χ2n) is 6.71. The van der Waals surface area contributed by atoms with Gasteiger partial charge in [-0.25, -0.2) is 4.98 Å². The van der Waals surface area contributed by atoms with Gasteiger partial charge in [-0.3, -0.25) is 14.6 Å². The Morgan fingerprint density at radius 1 is 1.39 bits per heavy atom. The Kier molecular flexibility index (Phi) is 6.55. The van der Waals surface area contributed by atoms with Crippen molar-refractivity contribution < 1.29 is 14.7 Å². The van der Waals surface area contributed by atoms with Crippen molar-refractivity contribution >= 4 is 39.2 Å². The van der Waals surface area contributed by atoms with E-state index in [4.69, 9.17) is 11.5 Å². The van der Waals surface area contributed by atoms with Crippen LogP contribution in [0.1, 0.15) is 29.1 Å². The van der Waals surface area contributed by atoms with Gasteiger partial charge in [0.2, 0.25) is 11.7 Å². The molecule has 2 aromatic rings. The van der Waals surface area contributed by atoms with Crippen molar-refractivity contribution in [2.24, 2.45) is 16.5 Å². The lowest BCUT2D eigenvalue weighted by Crippen LogP contribution is -2.48. The van der Waals surface area contributed by atoms with Crippen LogP contribution >= 0.6 is 11.3 Å². The number of aliphatic hydroxyl groups excluding tert-OH is 1. The molecule has 0 aliphatic carbocycles. The summed E-state index contributed by atoms with van der Waals surface area (Å²) in [5.74, 6) is -0.558. The zero-order chi connectivity index (χ0) is 20.1. The van der Waals surface area contributed by atoms with E-state index in [0.717, 1.165) is 10.2 Å². The molecule has 1 amide bonds. The van der Waals surface area contributed by atoms with E-state index < -0.39 is 18.2 Å². The largest absolute Gasteiger partial charge is 0.392 e. The summed E-state index contributed by atoms with van der Waals surface area (Å²) in [6, 6.07) is 6.25. The third kappa shape index (κ3) is 5.03. The Morgan fingerprint density at radius 3 is 2.86 bits per heavy atom. The number of amides is 1. The topological polar surface area (TPSA) is 156 Å². The number of aromatic nitrogens is 1. The summed E-state index contributed by atoms with van der Waals surface area (Å²) in [5, 5.41) is 15.7. The van der Waals surface area contributed by atoms with Crippen molar-refractivity contribution in [3.05, 3.63) is 29.3 Å². The maximum Gasteiger partial charge on any atom is 0.237 e. The minimum atomic E-state index is -0.734. The van der Waals surface area contributed by atoms with E-state index in [2.05, 4.69) is 20.6 Å².